The lowest BCUT2D eigenvalue weighted by Gasteiger charge is -2.43. The molecule has 3 fully saturated rings. The summed E-state index contributed by atoms with van der Waals surface area (Å²) >= 11 is 0. The van der Waals surface area contributed by atoms with E-state index < -0.39 is 0 Å². The Labute approximate surface area is 288 Å². The van der Waals surface area contributed by atoms with Gasteiger partial charge in [0.1, 0.15) is 11.6 Å². The number of hydrogen-bond acceptors (Lipinski definition) is 10. The zero-order valence-electron chi connectivity index (χ0n) is 28.8. The first-order chi connectivity index (χ1) is 24.0. The van der Waals surface area contributed by atoms with Crippen molar-refractivity contribution >= 4 is 28.5 Å². The summed E-state index contributed by atoms with van der Waals surface area (Å²) in [5.41, 5.74) is 5.84. The van der Waals surface area contributed by atoms with Crippen LogP contribution < -0.4 is 19.9 Å². The molecule has 0 aliphatic carbocycles. The zero-order chi connectivity index (χ0) is 33.5. The van der Waals surface area contributed by atoms with Crippen molar-refractivity contribution in [1.82, 2.24) is 25.1 Å². The highest BCUT2D eigenvalue weighted by molar-refractivity contribution is 5.88. The molecule has 0 bridgehead atoms. The molecule has 256 valence electrons. The summed E-state index contributed by atoms with van der Waals surface area (Å²) in [6.45, 7) is 9.29. The molecular formula is C38H46N8O3. The van der Waals surface area contributed by atoms with Gasteiger partial charge in [-0.2, -0.15) is 5.26 Å². The van der Waals surface area contributed by atoms with E-state index in [4.69, 9.17) is 29.3 Å². The summed E-state index contributed by atoms with van der Waals surface area (Å²) in [5, 5.41) is 18.7. The van der Waals surface area contributed by atoms with E-state index in [1.807, 2.05) is 35.1 Å². The molecule has 4 aliphatic rings. The first kappa shape index (κ1) is 32.0. The van der Waals surface area contributed by atoms with E-state index in [1.165, 1.54) is 11.1 Å². The Hall–Kier alpha value is -4.24. The Kier molecular flexibility index (Phi) is 8.64. The van der Waals surface area contributed by atoms with E-state index in [1.54, 1.807) is 7.11 Å². The number of methoxy groups -OCH3 is 1. The summed E-state index contributed by atoms with van der Waals surface area (Å²) in [7, 11) is 1.70. The molecule has 11 heteroatoms. The number of anilines is 3. The predicted molar refractivity (Wildman–Crippen MR) is 188 cm³/mol. The molecular weight excluding hydrogens is 616 g/mol. The maximum atomic E-state index is 9.57. The van der Waals surface area contributed by atoms with Gasteiger partial charge in [-0.3, -0.25) is 0 Å². The number of benzene rings is 2. The molecule has 2 aromatic heterocycles. The zero-order valence-corrected chi connectivity index (χ0v) is 28.8. The standard InChI is InChI=1S/C38H46N8O3/c1-25-13-16-45(31-12-7-27(21-39)20-30(25)31)37-35-36(46(43-37)34-6-4-5-19-49-34)42-33(22-40-35)44-17-14-38(15-18-44)24-48-23-32(38)41-26(2)28-8-10-29(47-3)11-9-28/h7-12,20,22,25-26,32,34,41H,4-6,13-19,23-24H2,1-3H3/t25-,26+,32+,34?/m0/s1. The molecule has 8 rings (SSSR count). The number of aromatic nitrogens is 4. The van der Waals surface area contributed by atoms with Crippen molar-refractivity contribution in [2.45, 2.75) is 76.6 Å². The first-order valence-corrected chi connectivity index (χ1v) is 17.9. The SMILES string of the molecule is COc1ccc([C@@H](C)N[C@@H]2COCC23CCN(c2cnc4c(N5CC[C@H](C)c6cc(C#N)ccc65)nn(C5CCCCO5)c4n2)CC3)cc1. The van der Waals surface area contributed by atoms with Crippen LogP contribution in [0.4, 0.5) is 17.3 Å². The van der Waals surface area contributed by atoms with Crippen LogP contribution in [-0.4, -0.2) is 72.4 Å². The van der Waals surface area contributed by atoms with Gasteiger partial charge in [0.25, 0.3) is 0 Å². The van der Waals surface area contributed by atoms with Crippen LogP contribution in [0.2, 0.25) is 0 Å². The van der Waals surface area contributed by atoms with E-state index in [0.717, 1.165) is 112 Å². The highest BCUT2D eigenvalue weighted by Crippen LogP contribution is 2.44. The van der Waals surface area contributed by atoms with E-state index in [-0.39, 0.29) is 23.7 Å². The largest absolute Gasteiger partial charge is 0.497 e. The maximum Gasteiger partial charge on any atom is 0.183 e. The molecule has 2 aromatic carbocycles. The Balaban J connectivity index is 1.05. The molecule has 4 aromatic rings. The molecule has 1 N–H and O–H groups in total. The third-order valence-corrected chi connectivity index (χ3v) is 11.4. The number of nitrogens with one attached hydrogen (secondary N) is 1. The molecule has 0 radical (unpaired) electrons. The van der Waals surface area contributed by atoms with Gasteiger partial charge in [-0.15, -0.1) is 5.10 Å². The molecule has 1 unspecified atom stereocenters. The van der Waals surface area contributed by atoms with Crippen molar-refractivity contribution < 1.29 is 14.2 Å². The summed E-state index contributed by atoms with van der Waals surface area (Å²) in [6, 6.07) is 17.1. The lowest BCUT2D eigenvalue weighted by Crippen LogP contribution is -2.51. The normalized spacial score (nSPS) is 24.2. The number of ether oxygens (including phenoxy) is 3. The summed E-state index contributed by atoms with van der Waals surface area (Å²) in [5.74, 6) is 2.92. The fraction of sp³-hybridized carbons (Fsp3) is 0.526. The van der Waals surface area contributed by atoms with Gasteiger partial charge >= 0.3 is 0 Å². The number of nitrogens with zero attached hydrogens (tertiary/aromatic N) is 7. The molecule has 49 heavy (non-hydrogen) atoms. The quantitative estimate of drug-likeness (QED) is 0.239. The van der Waals surface area contributed by atoms with Gasteiger partial charge < -0.3 is 29.3 Å². The van der Waals surface area contributed by atoms with E-state index in [2.05, 4.69) is 53.2 Å². The fourth-order valence-corrected chi connectivity index (χ4v) is 8.27. The van der Waals surface area contributed by atoms with Crippen LogP contribution in [0, 0.1) is 16.7 Å². The molecule has 4 atom stereocenters. The number of hydrogen-bond donors (Lipinski definition) is 1. The first-order valence-electron chi connectivity index (χ1n) is 17.9. The van der Waals surface area contributed by atoms with Crippen LogP contribution in [0.15, 0.2) is 48.7 Å². The second-order valence-corrected chi connectivity index (χ2v) is 14.3. The molecule has 0 amide bonds. The van der Waals surface area contributed by atoms with Crippen molar-refractivity contribution in [3.63, 3.8) is 0 Å². The highest BCUT2D eigenvalue weighted by atomic mass is 16.5. The van der Waals surface area contributed by atoms with Crippen LogP contribution in [0.3, 0.4) is 0 Å². The van der Waals surface area contributed by atoms with Gasteiger partial charge in [-0.05, 0) is 92.8 Å². The molecule has 4 aliphatic heterocycles. The topological polar surface area (TPSA) is 114 Å². The number of nitriles is 1. The van der Waals surface area contributed by atoms with Crippen LogP contribution in [-0.2, 0) is 9.47 Å². The lowest BCUT2D eigenvalue weighted by atomic mass is 9.74. The third kappa shape index (κ3) is 5.90. The minimum atomic E-state index is -0.168. The van der Waals surface area contributed by atoms with Gasteiger partial charge in [0.15, 0.2) is 23.2 Å². The Morgan fingerprint density at radius 1 is 1.08 bits per heavy atom. The summed E-state index contributed by atoms with van der Waals surface area (Å²) in [4.78, 5) is 15.0. The monoisotopic (exact) mass is 662 g/mol. The predicted octanol–water partition coefficient (Wildman–Crippen LogP) is 6.39. The van der Waals surface area contributed by atoms with Gasteiger partial charge in [0, 0.05) is 49.4 Å². The van der Waals surface area contributed by atoms with Gasteiger partial charge in [-0.25, -0.2) is 14.6 Å². The minimum absolute atomic E-state index is 0.0871. The maximum absolute atomic E-state index is 9.57. The van der Waals surface area contributed by atoms with Crippen LogP contribution in [0.5, 0.6) is 5.75 Å². The average molecular weight is 663 g/mol. The highest BCUT2D eigenvalue weighted by Gasteiger charge is 2.46. The van der Waals surface area contributed by atoms with Crippen molar-refractivity contribution in [2.75, 3.05) is 56.4 Å². The van der Waals surface area contributed by atoms with E-state index in [9.17, 15) is 5.26 Å². The Bertz CT molecular complexity index is 1840. The molecule has 6 heterocycles. The van der Waals surface area contributed by atoms with Crippen LogP contribution in [0.25, 0.3) is 11.2 Å². The van der Waals surface area contributed by atoms with Crippen molar-refractivity contribution in [3.05, 3.63) is 65.4 Å². The molecule has 11 nitrogen and oxygen atoms in total. The van der Waals surface area contributed by atoms with Crippen molar-refractivity contribution in [1.29, 1.82) is 5.26 Å². The van der Waals surface area contributed by atoms with Gasteiger partial charge in [0.05, 0.1) is 38.2 Å². The molecule has 0 saturated carbocycles. The van der Waals surface area contributed by atoms with Gasteiger partial charge in [0.2, 0.25) is 0 Å². The molecule has 1 spiro atoms. The minimum Gasteiger partial charge on any atom is -0.497 e. The molecule has 3 saturated heterocycles. The fourth-order valence-electron chi connectivity index (χ4n) is 8.27. The van der Waals surface area contributed by atoms with E-state index in [0.29, 0.717) is 11.5 Å². The number of rotatable bonds is 7. The smallest absolute Gasteiger partial charge is 0.183 e. The van der Waals surface area contributed by atoms with Crippen molar-refractivity contribution in [3.8, 4) is 11.8 Å². The van der Waals surface area contributed by atoms with E-state index >= 15 is 0 Å². The Morgan fingerprint density at radius 2 is 1.92 bits per heavy atom. The second-order valence-electron chi connectivity index (χ2n) is 14.3. The van der Waals surface area contributed by atoms with Crippen LogP contribution in [0.1, 0.15) is 87.3 Å². The Morgan fingerprint density at radius 3 is 2.67 bits per heavy atom. The number of fused-ring (bicyclic) bond motifs is 2. The lowest BCUT2D eigenvalue weighted by molar-refractivity contribution is -0.0368. The van der Waals surface area contributed by atoms with Crippen molar-refractivity contribution in [2.24, 2.45) is 5.41 Å². The van der Waals surface area contributed by atoms with Crippen LogP contribution >= 0.6 is 0 Å². The number of piperidine rings is 1. The van der Waals surface area contributed by atoms with Gasteiger partial charge in [-0.1, -0.05) is 19.1 Å². The average Bonchev–Trinajstić information content (AvgIpc) is 3.72. The summed E-state index contributed by atoms with van der Waals surface area (Å²) < 4.78 is 19.7. The summed E-state index contributed by atoms with van der Waals surface area (Å²) in [6.07, 6.45) is 7.82. The third-order valence-electron chi connectivity index (χ3n) is 11.4. The second kappa shape index (κ2) is 13.2.